The molecular weight excluding hydrogens is 536 g/mol. The second-order valence-electron chi connectivity index (χ2n) is 11.3. The largest absolute Gasteiger partial charge is 0.381 e. The maximum absolute atomic E-state index is 5.92. The highest BCUT2D eigenvalue weighted by atomic mass is 16.5. The van der Waals surface area contributed by atoms with Crippen molar-refractivity contribution in [1.29, 1.82) is 0 Å². The quantitative estimate of drug-likeness (QED) is 0.0674. The van der Waals surface area contributed by atoms with Gasteiger partial charge >= 0.3 is 0 Å². The Hall–Kier alpha value is -0.840. The molecule has 8 heteroatoms. The van der Waals surface area contributed by atoms with E-state index < -0.39 is 0 Å². The molecule has 0 unspecified atom stereocenters. The number of allylic oxidation sites excluding steroid dienone is 1. The molecule has 0 heterocycles. The van der Waals surface area contributed by atoms with Gasteiger partial charge in [0.05, 0.1) is 48.8 Å². The van der Waals surface area contributed by atoms with Gasteiger partial charge in [0.25, 0.3) is 0 Å². The van der Waals surface area contributed by atoms with Crippen molar-refractivity contribution in [3.8, 4) is 0 Å². The fraction of sp³-hybridized carbons (Fsp3) is 0.882. The van der Waals surface area contributed by atoms with Crippen LogP contribution in [0.15, 0.2) is 24.3 Å². The lowest BCUT2D eigenvalue weighted by molar-refractivity contribution is -0.0552. The van der Waals surface area contributed by atoms with Crippen molar-refractivity contribution in [2.75, 3.05) is 56.9 Å². The number of hydrogen-bond donors (Lipinski definition) is 0. The average Bonchev–Trinajstić information content (AvgIpc) is 3.01. The van der Waals surface area contributed by atoms with E-state index in [4.69, 9.17) is 37.9 Å². The fourth-order valence-electron chi connectivity index (χ4n) is 5.53. The van der Waals surface area contributed by atoms with Crippen LogP contribution in [0.5, 0.6) is 0 Å². The van der Waals surface area contributed by atoms with E-state index in [2.05, 4.69) is 26.5 Å². The molecule has 0 bridgehead atoms. The van der Waals surface area contributed by atoms with Crippen molar-refractivity contribution in [2.24, 2.45) is 0 Å². The third-order valence-electron chi connectivity index (χ3n) is 8.46. The van der Waals surface area contributed by atoms with Crippen molar-refractivity contribution in [3.05, 3.63) is 24.3 Å². The minimum absolute atomic E-state index is 0.00971. The molecule has 42 heavy (non-hydrogen) atoms. The molecule has 0 amide bonds. The highest BCUT2D eigenvalue weighted by Crippen LogP contribution is 2.25. The topological polar surface area (TPSA) is 73.8 Å². The lowest BCUT2D eigenvalue weighted by Crippen LogP contribution is -2.33. The number of ether oxygens (including phenoxy) is 8. The summed E-state index contributed by atoms with van der Waals surface area (Å²) in [5.41, 5.74) is 1.27. The standard InChI is InChI=1S/C34H66O8/c1-12-14-15-16-18-26(3)34(42-11)25-33(41-10)24-32(40-9)23-31(39-8)22-30(38-7)21-29(37-6)20-28(36-5)19-27(35-4)17-13-2/h13,18,27-34H,2,12,14-17,19-25H2,1,3-11H3/b26-18+/t27-,28-,29-,30-,31-,32-,33-,34-/m0/s1. The van der Waals surface area contributed by atoms with Crippen LogP contribution in [0, 0.1) is 0 Å². The van der Waals surface area contributed by atoms with E-state index in [-0.39, 0.29) is 48.8 Å². The Morgan fingerprint density at radius 1 is 0.524 bits per heavy atom. The van der Waals surface area contributed by atoms with Crippen LogP contribution in [0.3, 0.4) is 0 Å². The van der Waals surface area contributed by atoms with Crippen LogP contribution in [0.25, 0.3) is 0 Å². The predicted molar refractivity (Wildman–Crippen MR) is 171 cm³/mol. The van der Waals surface area contributed by atoms with Gasteiger partial charge < -0.3 is 37.9 Å². The highest BCUT2D eigenvalue weighted by Gasteiger charge is 2.28. The summed E-state index contributed by atoms with van der Waals surface area (Å²) in [6.45, 7) is 8.22. The molecular formula is C34H66O8. The van der Waals surface area contributed by atoms with Crippen LogP contribution in [-0.4, -0.2) is 106 Å². The van der Waals surface area contributed by atoms with Gasteiger partial charge in [-0.2, -0.15) is 0 Å². The maximum Gasteiger partial charge on any atom is 0.0803 e. The Morgan fingerprint density at radius 2 is 0.881 bits per heavy atom. The molecule has 0 aromatic rings. The third kappa shape index (κ3) is 18.1. The van der Waals surface area contributed by atoms with Gasteiger partial charge in [0.15, 0.2) is 0 Å². The Balaban J connectivity index is 5.16. The maximum atomic E-state index is 5.92. The van der Waals surface area contributed by atoms with E-state index in [9.17, 15) is 0 Å². The monoisotopic (exact) mass is 602 g/mol. The molecule has 0 fully saturated rings. The van der Waals surface area contributed by atoms with Crippen molar-refractivity contribution < 1.29 is 37.9 Å². The van der Waals surface area contributed by atoms with Crippen molar-refractivity contribution >= 4 is 0 Å². The lowest BCUT2D eigenvalue weighted by Gasteiger charge is -2.30. The van der Waals surface area contributed by atoms with E-state index >= 15 is 0 Å². The first-order chi connectivity index (χ1) is 20.3. The normalized spacial score (nSPS) is 18.2. The smallest absolute Gasteiger partial charge is 0.0803 e. The average molecular weight is 603 g/mol. The molecule has 8 atom stereocenters. The molecule has 0 aromatic heterocycles. The van der Waals surface area contributed by atoms with Crippen LogP contribution in [-0.2, 0) is 37.9 Å². The van der Waals surface area contributed by atoms with E-state index in [0.29, 0.717) is 0 Å². The van der Waals surface area contributed by atoms with Gasteiger partial charge in [-0.05, 0) is 63.9 Å². The van der Waals surface area contributed by atoms with Crippen LogP contribution in [0.1, 0.15) is 90.9 Å². The SMILES string of the molecule is C=CC[C@@H](C[C@@H](C[C@@H](C[C@@H](C[C@@H](C[C@@H](C[C@@H](C[C@H](OC)/C(C)=C/CCCCC)OC)OC)OC)OC)OC)OC)OC. The van der Waals surface area contributed by atoms with E-state index in [1.165, 1.54) is 24.8 Å². The Morgan fingerprint density at radius 3 is 1.19 bits per heavy atom. The van der Waals surface area contributed by atoms with E-state index in [1.54, 1.807) is 56.9 Å². The molecule has 8 nitrogen and oxygen atoms in total. The van der Waals surface area contributed by atoms with Crippen LogP contribution in [0.2, 0.25) is 0 Å². The number of methoxy groups -OCH3 is 8. The zero-order chi connectivity index (χ0) is 31.8. The molecule has 0 spiro atoms. The number of unbranched alkanes of at least 4 members (excludes halogenated alkanes) is 3. The lowest BCUT2D eigenvalue weighted by atomic mass is 9.94. The zero-order valence-electron chi connectivity index (χ0n) is 28.7. The van der Waals surface area contributed by atoms with Crippen LogP contribution >= 0.6 is 0 Å². The van der Waals surface area contributed by atoms with Crippen LogP contribution < -0.4 is 0 Å². The van der Waals surface area contributed by atoms with Gasteiger partial charge in [-0.25, -0.2) is 0 Å². The molecule has 0 rings (SSSR count). The molecule has 0 saturated carbocycles. The summed E-state index contributed by atoms with van der Waals surface area (Å²) in [6.07, 6.45) is 15.1. The third-order valence-corrected chi connectivity index (χ3v) is 8.46. The predicted octanol–water partition coefficient (Wildman–Crippen LogP) is 6.94. The molecule has 0 radical (unpaired) electrons. The first-order valence-electron chi connectivity index (χ1n) is 15.8. The Kier molecular flexibility index (Phi) is 26.0. The van der Waals surface area contributed by atoms with Crippen molar-refractivity contribution in [3.63, 3.8) is 0 Å². The van der Waals surface area contributed by atoms with Crippen molar-refractivity contribution in [1.82, 2.24) is 0 Å². The molecule has 0 saturated heterocycles. The van der Waals surface area contributed by atoms with Crippen LogP contribution in [0.4, 0.5) is 0 Å². The minimum Gasteiger partial charge on any atom is -0.381 e. The summed E-state index contributed by atoms with van der Waals surface area (Å²) < 4.78 is 46.7. The van der Waals surface area contributed by atoms with Gasteiger partial charge in [0, 0.05) is 69.7 Å². The minimum atomic E-state index is -0.0305. The summed E-state index contributed by atoms with van der Waals surface area (Å²) in [4.78, 5) is 0. The van der Waals surface area contributed by atoms with Gasteiger partial charge in [0.2, 0.25) is 0 Å². The highest BCUT2D eigenvalue weighted by molar-refractivity contribution is 5.05. The molecule has 0 aliphatic carbocycles. The summed E-state index contributed by atoms with van der Waals surface area (Å²) >= 11 is 0. The Bertz CT molecular complexity index is 657. The van der Waals surface area contributed by atoms with E-state index in [1.807, 2.05) is 6.08 Å². The first-order valence-corrected chi connectivity index (χ1v) is 15.8. The summed E-state index contributed by atoms with van der Waals surface area (Å²) in [7, 11) is 14.0. The zero-order valence-corrected chi connectivity index (χ0v) is 28.7. The van der Waals surface area contributed by atoms with Gasteiger partial charge in [-0.15, -0.1) is 6.58 Å². The second kappa shape index (κ2) is 26.6. The van der Waals surface area contributed by atoms with Gasteiger partial charge in [0.1, 0.15) is 0 Å². The fourth-order valence-corrected chi connectivity index (χ4v) is 5.53. The molecule has 0 N–H and O–H groups in total. The summed E-state index contributed by atoms with van der Waals surface area (Å²) in [5, 5.41) is 0. The summed E-state index contributed by atoms with van der Waals surface area (Å²) in [6, 6.07) is 0. The van der Waals surface area contributed by atoms with Gasteiger partial charge in [-0.3, -0.25) is 0 Å². The Labute approximate surface area is 258 Å². The summed E-state index contributed by atoms with van der Waals surface area (Å²) in [5.74, 6) is 0. The molecule has 0 aromatic carbocycles. The van der Waals surface area contributed by atoms with Crippen molar-refractivity contribution in [2.45, 2.75) is 140 Å². The van der Waals surface area contributed by atoms with Gasteiger partial charge in [-0.1, -0.05) is 31.9 Å². The molecule has 0 aliphatic heterocycles. The number of hydrogen-bond acceptors (Lipinski definition) is 8. The molecule has 0 aliphatic rings. The molecule has 250 valence electrons. The number of rotatable bonds is 29. The van der Waals surface area contributed by atoms with E-state index in [0.717, 1.165) is 57.8 Å². The first kappa shape index (κ1) is 41.2. The second-order valence-corrected chi connectivity index (χ2v) is 11.3.